The maximum absolute atomic E-state index is 12.4. The normalized spacial score (nSPS) is 19.2. The van der Waals surface area contributed by atoms with Gasteiger partial charge in [-0.15, -0.1) is 47.9 Å². The highest BCUT2D eigenvalue weighted by atomic mass is 35.5. The minimum Gasteiger partial charge on any atom is -0.348 e. The third kappa shape index (κ3) is 6.43. The fraction of sp³-hybridized carbons (Fsp3) is 0.444. The van der Waals surface area contributed by atoms with Crippen LogP contribution in [0.3, 0.4) is 0 Å². The average Bonchev–Trinajstić information content (AvgIpc) is 3.01. The van der Waals surface area contributed by atoms with Gasteiger partial charge in [-0.2, -0.15) is 0 Å². The summed E-state index contributed by atoms with van der Waals surface area (Å²) in [7, 11) is 0. The van der Waals surface area contributed by atoms with Gasteiger partial charge in [-0.05, 0) is 57.5 Å². The molecule has 2 heterocycles. The summed E-state index contributed by atoms with van der Waals surface area (Å²) in [4.78, 5) is 18.0. The van der Waals surface area contributed by atoms with Gasteiger partial charge < -0.3 is 10.6 Å². The summed E-state index contributed by atoms with van der Waals surface area (Å²) in [6, 6.07) is 8.39. The first kappa shape index (κ1) is 23.2. The Morgan fingerprint density at radius 2 is 2.08 bits per heavy atom. The van der Waals surface area contributed by atoms with Gasteiger partial charge in [-0.1, -0.05) is 0 Å². The number of aromatic nitrogens is 1. The van der Waals surface area contributed by atoms with Crippen molar-refractivity contribution in [2.24, 2.45) is 0 Å². The van der Waals surface area contributed by atoms with Crippen molar-refractivity contribution in [3.05, 3.63) is 45.9 Å². The van der Waals surface area contributed by atoms with E-state index in [1.54, 1.807) is 23.1 Å². The zero-order valence-corrected chi connectivity index (χ0v) is 18.1. The quantitative estimate of drug-likeness (QED) is 0.683. The molecule has 1 aromatic heterocycles. The molecular weight excluding hydrogens is 409 g/mol. The van der Waals surface area contributed by atoms with Crippen LogP contribution in [0.25, 0.3) is 0 Å². The summed E-state index contributed by atoms with van der Waals surface area (Å²) >= 11 is 3.43. The molecule has 2 aromatic rings. The smallest absolute Gasteiger partial charge is 0.251 e. The second-order valence-corrected chi connectivity index (χ2v) is 8.25. The SMILES string of the molecule is Cc1nc(CSc2ccc(C(=O)NC3CCCNC3C)cc2)cs1.Cl.Cl. The number of nitrogens with one attached hydrogen (secondary N) is 2. The Morgan fingerprint density at radius 1 is 1.35 bits per heavy atom. The van der Waals surface area contributed by atoms with Crippen LogP contribution < -0.4 is 10.6 Å². The van der Waals surface area contributed by atoms with Gasteiger partial charge in [0.05, 0.1) is 10.7 Å². The molecule has 144 valence electrons. The summed E-state index contributed by atoms with van der Waals surface area (Å²) in [5.41, 5.74) is 1.84. The van der Waals surface area contributed by atoms with Crippen molar-refractivity contribution < 1.29 is 4.79 Å². The monoisotopic (exact) mass is 433 g/mol. The third-order valence-electron chi connectivity index (χ3n) is 4.25. The Kier molecular flexibility index (Phi) is 9.97. The summed E-state index contributed by atoms with van der Waals surface area (Å²) in [6.45, 7) is 5.19. The summed E-state index contributed by atoms with van der Waals surface area (Å²) in [5.74, 6) is 0.878. The number of hydrogen-bond donors (Lipinski definition) is 2. The first-order valence-corrected chi connectivity index (χ1v) is 10.2. The standard InChI is InChI=1S/C18H23N3OS2.2ClH/c1-12-17(4-3-9-19-12)21-18(22)14-5-7-16(8-6-14)24-11-15-10-23-13(2)20-15;;/h5-8,10,12,17,19H,3-4,9,11H2,1-2H3,(H,21,22);2*1H. The molecule has 1 aliphatic rings. The van der Waals surface area contributed by atoms with Crippen molar-refractivity contribution in [3.8, 4) is 0 Å². The van der Waals surface area contributed by atoms with Crippen LogP contribution in [0, 0.1) is 6.92 Å². The Morgan fingerprint density at radius 3 is 2.69 bits per heavy atom. The van der Waals surface area contributed by atoms with Crippen LogP contribution in [0.1, 0.15) is 40.8 Å². The molecule has 4 nitrogen and oxygen atoms in total. The van der Waals surface area contributed by atoms with Crippen molar-refractivity contribution >= 4 is 53.8 Å². The Balaban J connectivity index is 0.00000169. The summed E-state index contributed by atoms with van der Waals surface area (Å²) < 4.78 is 0. The minimum absolute atomic E-state index is 0. The average molecular weight is 434 g/mol. The predicted molar refractivity (Wildman–Crippen MR) is 115 cm³/mol. The molecule has 0 aliphatic carbocycles. The number of aryl methyl sites for hydroxylation is 1. The number of benzene rings is 1. The van der Waals surface area contributed by atoms with Gasteiger partial charge in [-0.25, -0.2) is 4.98 Å². The van der Waals surface area contributed by atoms with E-state index in [0.717, 1.165) is 46.3 Å². The van der Waals surface area contributed by atoms with Crippen molar-refractivity contribution in [2.45, 2.75) is 49.4 Å². The molecule has 0 saturated carbocycles. The Hall–Kier alpha value is -0.790. The van der Waals surface area contributed by atoms with Crippen LogP contribution in [0.15, 0.2) is 34.5 Å². The van der Waals surface area contributed by atoms with Crippen LogP contribution in [0.5, 0.6) is 0 Å². The van der Waals surface area contributed by atoms with E-state index in [1.165, 1.54) is 0 Å². The molecule has 2 atom stereocenters. The molecule has 1 aliphatic heterocycles. The molecule has 26 heavy (non-hydrogen) atoms. The van der Waals surface area contributed by atoms with Gasteiger partial charge in [0, 0.05) is 33.7 Å². The molecule has 1 aromatic carbocycles. The summed E-state index contributed by atoms with van der Waals surface area (Å²) in [5, 5.41) is 9.76. The first-order valence-electron chi connectivity index (χ1n) is 8.30. The molecular formula is C18H25Cl2N3OS2. The molecule has 2 unspecified atom stereocenters. The van der Waals surface area contributed by atoms with E-state index in [0.29, 0.717) is 6.04 Å². The van der Waals surface area contributed by atoms with E-state index in [1.807, 2.05) is 31.2 Å². The molecule has 8 heteroatoms. The number of piperidine rings is 1. The fourth-order valence-electron chi connectivity index (χ4n) is 2.83. The lowest BCUT2D eigenvalue weighted by Gasteiger charge is -2.30. The fourth-order valence-corrected chi connectivity index (χ4v) is 4.34. The van der Waals surface area contributed by atoms with E-state index in [-0.39, 0.29) is 36.8 Å². The van der Waals surface area contributed by atoms with Gasteiger partial charge in [0.25, 0.3) is 5.91 Å². The number of carbonyl (C=O) groups excluding carboxylic acids is 1. The molecule has 0 spiro atoms. The van der Waals surface area contributed by atoms with Crippen LogP contribution in [0.4, 0.5) is 0 Å². The van der Waals surface area contributed by atoms with Crippen molar-refractivity contribution in [1.29, 1.82) is 0 Å². The lowest BCUT2D eigenvalue weighted by atomic mass is 9.99. The maximum atomic E-state index is 12.4. The topological polar surface area (TPSA) is 54.0 Å². The van der Waals surface area contributed by atoms with Gasteiger partial charge in [0.15, 0.2) is 0 Å². The van der Waals surface area contributed by atoms with Crippen LogP contribution in [0.2, 0.25) is 0 Å². The molecule has 1 amide bonds. The highest BCUT2D eigenvalue weighted by molar-refractivity contribution is 7.98. The molecule has 1 fully saturated rings. The van der Waals surface area contributed by atoms with Crippen molar-refractivity contribution in [1.82, 2.24) is 15.6 Å². The number of nitrogens with zero attached hydrogens (tertiary/aromatic N) is 1. The first-order chi connectivity index (χ1) is 11.6. The zero-order valence-electron chi connectivity index (χ0n) is 14.9. The number of halogens is 2. The maximum Gasteiger partial charge on any atom is 0.251 e. The van der Waals surface area contributed by atoms with Gasteiger partial charge in [0.2, 0.25) is 0 Å². The predicted octanol–water partition coefficient (Wildman–Crippen LogP) is 4.46. The van der Waals surface area contributed by atoms with Crippen LogP contribution >= 0.6 is 47.9 Å². The Labute approximate surface area is 175 Å². The second-order valence-electron chi connectivity index (χ2n) is 6.14. The number of rotatable bonds is 5. The third-order valence-corrected chi connectivity index (χ3v) is 6.12. The van der Waals surface area contributed by atoms with E-state index in [2.05, 4.69) is 27.9 Å². The molecule has 3 rings (SSSR count). The highest BCUT2D eigenvalue weighted by Gasteiger charge is 2.22. The molecule has 0 bridgehead atoms. The minimum atomic E-state index is 0. The largest absolute Gasteiger partial charge is 0.348 e. The summed E-state index contributed by atoms with van der Waals surface area (Å²) in [6.07, 6.45) is 2.15. The van der Waals surface area contributed by atoms with Crippen molar-refractivity contribution in [2.75, 3.05) is 6.54 Å². The lowest BCUT2D eigenvalue weighted by molar-refractivity contribution is 0.0920. The van der Waals surface area contributed by atoms with E-state index >= 15 is 0 Å². The van der Waals surface area contributed by atoms with Gasteiger partial charge in [0.1, 0.15) is 0 Å². The number of thioether (sulfide) groups is 1. The molecule has 0 radical (unpaired) electrons. The second kappa shape index (κ2) is 11.1. The lowest BCUT2D eigenvalue weighted by Crippen LogP contribution is -2.51. The highest BCUT2D eigenvalue weighted by Crippen LogP contribution is 2.24. The number of thiazole rings is 1. The van der Waals surface area contributed by atoms with E-state index < -0.39 is 0 Å². The van der Waals surface area contributed by atoms with E-state index in [4.69, 9.17) is 0 Å². The zero-order chi connectivity index (χ0) is 16.9. The van der Waals surface area contributed by atoms with Gasteiger partial charge in [-0.3, -0.25) is 4.79 Å². The number of hydrogen-bond acceptors (Lipinski definition) is 5. The van der Waals surface area contributed by atoms with Gasteiger partial charge >= 0.3 is 0 Å². The Bertz CT molecular complexity index is 694. The van der Waals surface area contributed by atoms with Crippen LogP contribution in [-0.4, -0.2) is 29.5 Å². The number of amides is 1. The molecule has 1 saturated heterocycles. The van der Waals surface area contributed by atoms with E-state index in [9.17, 15) is 4.79 Å². The number of carbonyl (C=O) groups is 1. The van der Waals surface area contributed by atoms with Crippen molar-refractivity contribution in [3.63, 3.8) is 0 Å². The van der Waals surface area contributed by atoms with Crippen LogP contribution in [-0.2, 0) is 5.75 Å². The molecule has 2 N–H and O–H groups in total.